The number of halogens is 1. The van der Waals surface area contributed by atoms with E-state index in [-0.39, 0.29) is 6.04 Å². The van der Waals surface area contributed by atoms with Gasteiger partial charge in [0, 0.05) is 30.7 Å². The normalized spacial score (nSPS) is 19.0. The van der Waals surface area contributed by atoms with Crippen LogP contribution in [0, 0.1) is 11.3 Å². The van der Waals surface area contributed by atoms with E-state index in [1.165, 1.54) is 0 Å². The highest BCUT2D eigenvalue weighted by molar-refractivity contribution is 9.10. The van der Waals surface area contributed by atoms with Gasteiger partial charge in [-0.3, -0.25) is 4.90 Å². The van der Waals surface area contributed by atoms with Crippen LogP contribution in [0.4, 0.5) is 0 Å². The van der Waals surface area contributed by atoms with E-state index in [4.69, 9.17) is 0 Å². The first-order chi connectivity index (χ1) is 7.81. The molecule has 0 saturated carbocycles. The summed E-state index contributed by atoms with van der Waals surface area (Å²) in [6.45, 7) is 3.81. The first-order valence-electron chi connectivity index (χ1n) is 5.41. The Morgan fingerprint density at radius 2 is 1.88 bits per heavy atom. The molecule has 1 aliphatic heterocycles. The van der Waals surface area contributed by atoms with Crippen molar-refractivity contribution >= 4 is 15.9 Å². The number of benzene rings is 1. The van der Waals surface area contributed by atoms with Gasteiger partial charge in [-0.25, -0.2) is 0 Å². The molecule has 1 heterocycles. The van der Waals surface area contributed by atoms with Gasteiger partial charge >= 0.3 is 0 Å². The van der Waals surface area contributed by atoms with E-state index in [1.54, 1.807) is 0 Å². The van der Waals surface area contributed by atoms with Crippen LogP contribution in [0.5, 0.6) is 0 Å². The summed E-state index contributed by atoms with van der Waals surface area (Å²) in [4.78, 5) is 2.22. The highest BCUT2D eigenvalue weighted by atomic mass is 79.9. The van der Waals surface area contributed by atoms with Gasteiger partial charge in [0.1, 0.15) is 6.04 Å². The lowest BCUT2D eigenvalue weighted by molar-refractivity contribution is 0.207. The van der Waals surface area contributed by atoms with Gasteiger partial charge < -0.3 is 5.32 Å². The van der Waals surface area contributed by atoms with E-state index in [0.717, 1.165) is 36.2 Å². The summed E-state index contributed by atoms with van der Waals surface area (Å²) in [6.07, 6.45) is 0. The topological polar surface area (TPSA) is 39.1 Å². The van der Waals surface area contributed by atoms with Crippen LogP contribution in [0.15, 0.2) is 28.7 Å². The van der Waals surface area contributed by atoms with Gasteiger partial charge in [0.2, 0.25) is 0 Å². The van der Waals surface area contributed by atoms with Crippen LogP contribution in [-0.4, -0.2) is 31.1 Å². The van der Waals surface area contributed by atoms with E-state index in [0.29, 0.717) is 0 Å². The molecule has 0 aromatic heterocycles. The van der Waals surface area contributed by atoms with Crippen molar-refractivity contribution in [3.8, 4) is 6.07 Å². The van der Waals surface area contributed by atoms with Crippen molar-refractivity contribution in [1.82, 2.24) is 10.2 Å². The highest BCUT2D eigenvalue weighted by Gasteiger charge is 2.21. The molecule has 1 aromatic carbocycles. The molecule has 2 rings (SSSR count). The van der Waals surface area contributed by atoms with Crippen LogP contribution in [0.3, 0.4) is 0 Å². The van der Waals surface area contributed by atoms with E-state index in [2.05, 4.69) is 32.2 Å². The van der Waals surface area contributed by atoms with Crippen LogP contribution in [-0.2, 0) is 0 Å². The standard InChI is InChI=1S/C12H14BrN3/c13-11-3-1-10(2-4-11)12(9-14)16-7-5-15-6-8-16/h1-4,12,15H,5-8H2/t12-/m0/s1. The molecule has 1 aliphatic rings. The molecule has 1 fully saturated rings. The molecule has 16 heavy (non-hydrogen) atoms. The summed E-state index contributed by atoms with van der Waals surface area (Å²) in [6, 6.07) is 10.3. The summed E-state index contributed by atoms with van der Waals surface area (Å²) in [5.74, 6) is 0. The first-order valence-corrected chi connectivity index (χ1v) is 6.20. The maximum Gasteiger partial charge on any atom is 0.123 e. The third-order valence-electron chi connectivity index (χ3n) is 2.82. The number of hydrogen-bond acceptors (Lipinski definition) is 3. The molecule has 4 heteroatoms. The molecule has 84 valence electrons. The van der Waals surface area contributed by atoms with Gasteiger partial charge in [-0.05, 0) is 17.7 Å². The largest absolute Gasteiger partial charge is 0.314 e. The Morgan fingerprint density at radius 1 is 1.25 bits per heavy atom. The van der Waals surface area contributed by atoms with Crippen molar-refractivity contribution < 1.29 is 0 Å². The third kappa shape index (κ3) is 2.62. The van der Waals surface area contributed by atoms with E-state index < -0.39 is 0 Å². The zero-order valence-electron chi connectivity index (χ0n) is 8.99. The van der Waals surface area contributed by atoms with Crippen molar-refractivity contribution in [2.75, 3.05) is 26.2 Å². The first kappa shape index (κ1) is 11.6. The Bertz CT molecular complexity index is 376. The molecule has 0 unspecified atom stereocenters. The summed E-state index contributed by atoms with van der Waals surface area (Å²) >= 11 is 3.41. The second kappa shape index (κ2) is 5.44. The van der Waals surface area contributed by atoms with Gasteiger partial charge in [-0.2, -0.15) is 5.26 Å². The summed E-state index contributed by atoms with van der Waals surface area (Å²) in [7, 11) is 0. The minimum absolute atomic E-state index is 0.116. The van der Waals surface area contributed by atoms with Crippen molar-refractivity contribution in [3.05, 3.63) is 34.3 Å². The summed E-state index contributed by atoms with van der Waals surface area (Å²) < 4.78 is 1.05. The molecule has 1 saturated heterocycles. The molecule has 3 nitrogen and oxygen atoms in total. The van der Waals surface area contributed by atoms with Crippen LogP contribution in [0.1, 0.15) is 11.6 Å². The molecule has 0 radical (unpaired) electrons. The molecular formula is C12H14BrN3. The Labute approximate surface area is 104 Å². The Kier molecular flexibility index (Phi) is 3.94. The lowest BCUT2D eigenvalue weighted by Gasteiger charge is -2.31. The minimum atomic E-state index is -0.116. The Balaban J connectivity index is 2.15. The van der Waals surface area contributed by atoms with Crippen molar-refractivity contribution in [2.45, 2.75) is 6.04 Å². The highest BCUT2D eigenvalue weighted by Crippen LogP contribution is 2.22. The zero-order chi connectivity index (χ0) is 11.4. The van der Waals surface area contributed by atoms with Crippen LogP contribution >= 0.6 is 15.9 Å². The van der Waals surface area contributed by atoms with Crippen molar-refractivity contribution in [3.63, 3.8) is 0 Å². The average molecular weight is 280 g/mol. The maximum atomic E-state index is 9.28. The van der Waals surface area contributed by atoms with E-state index in [1.807, 2.05) is 24.3 Å². The fraction of sp³-hybridized carbons (Fsp3) is 0.417. The molecule has 1 atom stereocenters. The Morgan fingerprint density at radius 3 is 2.44 bits per heavy atom. The molecule has 0 amide bonds. The van der Waals surface area contributed by atoms with E-state index in [9.17, 15) is 5.26 Å². The van der Waals surface area contributed by atoms with E-state index >= 15 is 0 Å². The van der Waals surface area contributed by atoms with Crippen LogP contribution in [0.25, 0.3) is 0 Å². The zero-order valence-corrected chi connectivity index (χ0v) is 10.6. The summed E-state index contributed by atoms with van der Waals surface area (Å²) in [5, 5.41) is 12.6. The molecule has 1 N–H and O–H groups in total. The second-order valence-electron chi connectivity index (χ2n) is 3.87. The molecular weight excluding hydrogens is 266 g/mol. The SMILES string of the molecule is N#C[C@@H](c1ccc(Br)cc1)N1CCNCC1. The predicted molar refractivity (Wildman–Crippen MR) is 66.9 cm³/mol. The smallest absolute Gasteiger partial charge is 0.123 e. The second-order valence-corrected chi connectivity index (χ2v) is 4.78. The van der Waals surface area contributed by atoms with Gasteiger partial charge in [0.05, 0.1) is 6.07 Å². The van der Waals surface area contributed by atoms with Gasteiger partial charge in [-0.15, -0.1) is 0 Å². The fourth-order valence-corrected chi connectivity index (χ4v) is 2.22. The summed E-state index contributed by atoms with van der Waals surface area (Å²) in [5.41, 5.74) is 1.08. The number of nitriles is 1. The number of piperazine rings is 1. The predicted octanol–water partition coefficient (Wildman–Crippen LogP) is 1.92. The quantitative estimate of drug-likeness (QED) is 0.899. The van der Waals surface area contributed by atoms with Crippen LogP contribution in [0.2, 0.25) is 0 Å². The number of hydrogen-bond donors (Lipinski definition) is 1. The molecule has 0 spiro atoms. The molecule has 0 bridgehead atoms. The van der Waals surface area contributed by atoms with Gasteiger partial charge in [0.15, 0.2) is 0 Å². The third-order valence-corrected chi connectivity index (χ3v) is 3.35. The van der Waals surface area contributed by atoms with Gasteiger partial charge in [-0.1, -0.05) is 28.1 Å². The van der Waals surface area contributed by atoms with Crippen molar-refractivity contribution in [1.29, 1.82) is 5.26 Å². The lowest BCUT2D eigenvalue weighted by Crippen LogP contribution is -2.44. The fourth-order valence-electron chi connectivity index (χ4n) is 1.95. The lowest BCUT2D eigenvalue weighted by atomic mass is 10.1. The monoisotopic (exact) mass is 279 g/mol. The molecule has 1 aromatic rings. The number of nitrogens with one attached hydrogen (secondary N) is 1. The minimum Gasteiger partial charge on any atom is -0.314 e. The molecule has 0 aliphatic carbocycles. The number of rotatable bonds is 2. The van der Waals surface area contributed by atoms with Gasteiger partial charge in [0.25, 0.3) is 0 Å². The van der Waals surface area contributed by atoms with Crippen LogP contribution < -0.4 is 5.32 Å². The van der Waals surface area contributed by atoms with Crippen molar-refractivity contribution in [2.24, 2.45) is 0 Å². The maximum absolute atomic E-state index is 9.28. The number of nitrogens with zero attached hydrogens (tertiary/aromatic N) is 2. The average Bonchev–Trinajstić information content (AvgIpc) is 2.34. The Hall–Kier alpha value is -0.890.